The third kappa shape index (κ3) is 4.31. The number of amides is 2. The van der Waals surface area contributed by atoms with Crippen molar-refractivity contribution in [3.63, 3.8) is 0 Å². The van der Waals surface area contributed by atoms with Crippen molar-refractivity contribution in [3.05, 3.63) is 46.1 Å². The average molecular weight is 397 g/mol. The van der Waals surface area contributed by atoms with E-state index in [9.17, 15) is 9.59 Å². The number of hydrogen-bond acceptors (Lipinski definition) is 6. The number of anilines is 1. The topological polar surface area (TPSA) is 102 Å². The summed E-state index contributed by atoms with van der Waals surface area (Å²) >= 11 is 0. The van der Waals surface area contributed by atoms with E-state index in [1.807, 2.05) is 41.8 Å². The number of piperazine rings is 1. The number of methoxy groups -OCH3 is 1. The molecule has 2 aromatic rings. The third-order valence-electron chi connectivity index (χ3n) is 5.44. The number of primary amides is 1. The largest absolute Gasteiger partial charge is 0.496 e. The van der Waals surface area contributed by atoms with Crippen LogP contribution in [0.4, 0.5) is 5.82 Å². The number of nitrogens with two attached hydrogens (primary N) is 1. The monoisotopic (exact) mass is 397 g/mol. The standard InChI is InChI=1S/C21H27N5O3/c1-13-5-6-16(11-17(13)29-4)12-18(27)25-7-9-26(10-8-25)21-19(20(22)28)14(2)15(3)23-24-21/h5-6,11H,7-10,12H2,1-4H3,(H2,22,28). The minimum absolute atomic E-state index is 0.0665. The van der Waals surface area contributed by atoms with Gasteiger partial charge in [0, 0.05) is 26.2 Å². The van der Waals surface area contributed by atoms with Gasteiger partial charge in [0.2, 0.25) is 5.91 Å². The minimum Gasteiger partial charge on any atom is -0.496 e. The van der Waals surface area contributed by atoms with Crippen LogP contribution in [0.3, 0.4) is 0 Å². The van der Waals surface area contributed by atoms with Crippen molar-refractivity contribution in [1.29, 1.82) is 0 Å². The Morgan fingerprint density at radius 3 is 2.41 bits per heavy atom. The first-order chi connectivity index (χ1) is 13.8. The molecule has 1 aliphatic heterocycles. The first kappa shape index (κ1) is 20.6. The van der Waals surface area contributed by atoms with Crippen LogP contribution in [0.25, 0.3) is 0 Å². The lowest BCUT2D eigenvalue weighted by Crippen LogP contribution is -2.50. The van der Waals surface area contributed by atoms with Gasteiger partial charge in [0.15, 0.2) is 5.82 Å². The molecule has 0 aliphatic carbocycles. The number of carbonyl (C=O) groups is 2. The zero-order chi connectivity index (χ0) is 21.1. The molecule has 0 radical (unpaired) electrons. The molecule has 3 rings (SSSR count). The molecule has 1 saturated heterocycles. The number of aromatic nitrogens is 2. The highest BCUT2D eigenvalue weighted by molar-refractivity contribution is 5.99. The maximum atomic E-state index is 12.7. The Morgan fingerprint density at radius 2 is 1.79 bits per heavy atom. The van der Waals surface area contributed by atoms with E-state index in [4.69, 9.17) is 10.5 Å². The molecular formula is C21H27N5O3. The average Bonchev–Trinajstić information content (AvgIpc) is 2.71. The normalized spacial score (nSPS) is 14.1. The van der Waals surface area contributed by atoms with Gasteiger partial charge >= 0.3 is 0 Å². The molecule has 0 atom stereocenters. The predicted molar refractivity (Wildman–Crippen MR) is 110 cm³/mol. The van der Waals surface area contributed by atoms with Gasteiger partial charge in [-0.25, -0.2) is 0 Å². The van der Waals surface area contributed by atoms with Crippen LogP contribution in [-0.4, -0.2) is 60.2 Å². The summed E-state index contributed by atoms with van der Waals surface area (Å²) in [6, 6.07) is 5.83. The lowest BCUT2D eigenvalue weighted by atomic mass is 10.1. The Hall–Kier alpha value is -3.16. The number of hydrogen-bond donors (Lipinski definition) is 1. The van der Waals surface area contributed by atoms with Gasteiger partial charge in [0.1, 0.15) is 5.75 Å². The highest BCUT2D eigenvalue weighted by atomic mass is 16.5. The molecule has 8 nitrogen and oxygen atoms in total. The molecule has 0 bridgehead atoms. The second-order valence-corrected chi connectivity index (χ2v) is 7.32. The fraction of sp³-hybridized carbons (Fsp3) is 0.429. The van der Waals surface area contributed by atoms with Gasteiger partial charge in [-0.3, -0.25) is 9.59 Å². The molecule has 1 fully saturated rings. The number of ether oxygens (including phenoxy) is 1. The number of nitrogens with zero attached hydrogens (tertiary/aromatic N) is 4. The van der Waals surface area contributed by atoms with E-state index in [0.717, 1.165) is 22.4 Å². The fourth-order valence-corrected chi connectivity index (χ4v) is 3.54. The van der Waals surface area contributed by atoms with Crippen molar-refractivity contribution >= 4 is 17.6 Å². The summed E-state index contributed by atoms with van der Waals surface area (Å²) in [4.78, 5) is 28.5. The Balaban J connectivity index is 1.67. The lowest BCUT2D eigenvalue weighted by molar-refractivity contribution is -0.130. The third-order valence-corrected chi connectivity index (χ3v) is 5.44. The summed E-state index contributed by atoms with van der Waals surface area (Å²) < 4.78 is 5.34. The Kier molecular flexibility index (Phi) is 6.00. The van der Waals surface area contributed by atoms with Gasteiger partial charge in [-0.05, 0) is 43.5 Å². The Labute approximate surface area is 170 Å². The molecule has 1 aromatic heterocycles. The molecular weight excluding hydrogens is 370 g/mol. The van der Waals surface area contributed by atoms with E-state index in [1.165, 1.54) is 0 Å². The van der Waals surface area contributed by atoms with Gasteiger partial charge in [-0.2, -0.15) is 5.10 Å². The van der Waals surface area contributed by atoms with E-state index in [1.54, 1.807) is 14.0 Å². The van der Waals surface area contributed by atoms with Gasteiger partial charge in [0.25, 0.3) is 5.91 Å². The van der Waals surface area contributed by atoms with Crippen LogP contribution >= 0.6 is 0 Å². The molecule has 2 amide bonds. The minimum atomic E-state index is -0.512. The van der Waals surface area contributed by atoms with Crippen molar-refractivity contribution in [2.45, 2.75) is 27.2 Å². The van der Waals surface area contributed by atoms with Crippen LogP contribution in [-0.2, 0) is 11.2 Å². The first-order valence-electron chi connectivity index (χ1n) is 9.61. The molecule has 1 aromatic carbocycles. The van der Waals surface area contributed by atoms with Crippen LogP contribution in [0.2, 0.25) is 0 Å². The lowest BCUT2D eigenvalue weighted by Gasteiger charge is -2.36. The second kappa shape index (κ2) is 8.46. The molecule has 0 saturated carbocycles. The van der Waals surface area contributed by atoms with E-state index in [-0.39, 0.29) is 5.91 Å². The molecule has 2 N–H and O–H groups in total. The fourth-order valence-electron chi connectivity index (χ4n) is 3.54. The zero-order valence-electron chi connectivity index (χ0n) is 17.4. The maximum absolute atomic E-state index is 12.7. The van der Waals surface area contributed by atoms with Gasteiger partial charge < -0.3 is 20.3 Å². The number of carbonyl (C=O) groups excluding carboxylic acids is 2. The summed E-state index contributed by atoms with van der Waals surface area (Å²) in [5.41, 5.74) is 9.38. The van der Waals surface area contributed by atoms with Gasteiger partial charge in [-0.15, -0.1) is 5.10 Å². The van der Waals surface area contributed by atoms with Gasteiger partial charge in [0.05, 0.1) is 24.8 Å². The van der Waals surface area contributed by atoms with Crippen LogP contribution in [0.5, 0.6) is 5.75 Å². The van der Waals surface area contributed by atoms with E-state index in [0.29, 0.717) is 49.7 Å². The Morgan fingerprint density at radius 1 is 1.10 bits per heavy atom. The van der Waals surface area contributed by atoms with Crippen molar-refractivity contribution < 1.29 is 14.3 Å². The molecule has 2 heterocycles. The number of benzene rings is 1. The van der Waals surface area contributed by atoms with Crippen LogP contribution < -0.4 is 15.4 Å². The molecule has 29 heavy (non-hydrogen) atoms. The molecule has 8 heteroatoms. The summed E-state index contributed by atoms with van der Waals surface area (Å²) in [6.07, 6.45) is 0.326. The summed E-state index contributed by atoms with van der Waals surface area (Å²) in [5, 5.41) is 8.35. The molecule has 0 spiro atoms. The molecule has 0 unspecified atom stereocenters. The zero-order valence-corrected chi connectivity index (χ0v) is 17.4. The van der Waals surface area contributed by atoms with Crippen molar-refractivity contribution in [3.8, 4) is 5.75 Å². The molecule has 1 aliphatic rings. The maximum Gasteiger partial charge on any atom is 0.252 e. The van der Waals surface area contributed by atoms with Crippen LogP contribution in [0, 0.1) is 20.8 Å². The summed E-state index contributed by atoms with van der Waals surface area (Å²) in [5.74, 6) is 0.836. The van der Waals surface area contributed by atoms with Crippen LogP contribution in [0.15, 0.2) is 18.2 Å². The van der Waals surface area contributed by atoms with Crippen molar-refractivity contribution in [2.24, 2.45) is 5.73 Å². The quantitative estimate of drug-likeness (QED) is 0.818. The van der Waals surface area contributed by atoms with E-state index in [2.05, 4.69) is 10.2 Å². The highest BCUT2D eigenvalue weighted by Crippen LogP contribution is 2.24. The van der Waals surface area contributed by atoms with Crippen molar-refractivity contribution in [2.75, 3.05) is 38.2 Å². The number of rotatable bonds is 5. The van der Waals surface area contributed by atoms with Gasteiger partial charge in [-0.1, -0.05) is 12.1 Å². The summed E-state index contributed by atoms with van der Waals surface area (Å²) in [7, 11) is 1.63. The highest BCUT2D eigenvalue weighted by Gasteiger charge is 2.26. The molecule has 154 valence electrons. The summed E-state index contributed by atoms with van der Waals surface area (Å²) in [6.45, 7) is 7.84. The Bertz CT molecular complexity index is 936. The predicted octanol–water partition coefficient (Wildman–Crippen LogP) is 1.40. The second-order valence-electron chi connectivity index (χ2n) is 7.32. The van der Waals surface area contributed by atoms with Crippen LogP contribution in [0.1, 0.15) is 32.7 Å². The first-order valence-corrected chi connectivity index (χ1v) is 9.61. The van der Waals surface area contributed by atoms with E-state index < -0.39 is 5.91 Å². The van der Waals surface area contributed by atoms with E-state index >= 15 is 0 Å². The number of aryl methyl sites for hydroxylation is 2. The van der Waals surface area contributed by atoms with Crippen molar-refractivity contribution in [1.82, 2.24) is 15.1 Å². The SMILES string of the molecule is COc1cc(CC(=O)N2CCN(c3nnc(C)c(C)c3C(N)=O)CC2)ccc1C. The smallest absolute Gasteiger partial charge is 0.252 e.